The monoisotopic (exact) mass is 503 g/mol. The van der Waals surface area contributed by atoms with E-state index >= 15 is 0 Å². The number of nitrogens with one attached hydrogen (secondary N) is 1. The fourth-order valence-corrected chi connectivity index (χ4v) is 3.26. The highest BCUT2D eigenvalue weighted by Crippen LogP contribution is 2.32. The molecular weight excluding hydrogens is 481 g/mol. The molecule has 0 amide bonds. The summed E-state index contributed by atoms with van der Waals surface area (Å²) in [7, 11) is 0. The lowest BCUT2D eigenvalue weighted by Crippen LogP contribution is -2.37. The second kappa shape index (κ2) is 11.1. The lowest BCUT2D eigenvalue weighted by molar-refractivity contribution is -0.149. The van der Waals surface area contributed by atoms with E-state index in [0.29, 0.717) is 17.9 Å². The minimum absolute atomic E-state index is 0.137. The van der Waals surface area contributed by atoms with E-state index in [1.807, 2.05) is 0 Å². The van der Waals surface area contributed by atoms with Gasteiger partial charge in [-0.3, -0.25) is 0 Å². The van der Waals surface area contributed by atoms with Crippen molar-refractivity contribution < 1.29 is 36.2 Å². The number of ether oxygens (including phenoxy) is 2. The number of alkyl halides is 3. The molecule has 3 aromatic rings. The summed E-state index contributed by atoms with van der Waals surface area (Å²) in [5.74, 6) is -0.425. The van der Waals surface area contributed by atoms with E-state index in [1.54, 1.807) is 44.2 Å². The lowest BCUT2D eigenvalue weighted by Gasteiger charge is -2.24. The van der Waals surface area contributed by atoms with Gasteiger partial charge in [0.2, 0.25) is 0 Å². The summed E-state index contributed by atoms with van der Waals surface area (Å²) in [6.45, 7) is 3.22. The summed E-state index contributed by atoms with van der Waals surface area (Å²) in [6, 6.07) is 13.2. The standard InChI is InChI=1S/C27H22F5NO3/c1-4-24(20-15-19(11-12-21(20)28)35-18-8-6-5-7-9-18)36-26(34)25(16(2)3)33-23-13-10-17(14-22(23)29)27(30,31)32/h1,5-16,24-25,33H,2-3H3. The van der Waals surface area contributed by atoms with Crippen LogP contribution in [-0.4, -0.2) is 12.0 Å². The van der Waals surface area contributed by atoms with Crippen molar-refractivity contribution in [2.45, 2.75) is 32.2 Å². The first-order valence-electron chi connectivity index (χ1n) is 10.8. The average Bonchev–Trinajstić information content (AvgIpc) is 2.82. The molecule has 1 N–H and O–H groups in total. The van der Waals surface area contributed by atoms with Crippen molar-refractivity contribution in [1.29, 1.82) is 0 Å². The van der Waals surface area contributed by atoms with Gasteiger partial charge in [-0.15, -0.1) is 6.42 Å². The van der Waals surface area contributed by atoms with Crippen LogP contribution in [0.2, 0.25) is 0 Å². The van der Waals surface area contributed by atoms with Crippen LogP contribution in [0.5, 0.6) is 11.5 Å². The number of halogens is 5. The Morgan fingerprint density at radius 1 is 0.944 bits per heavy atom. The molecule has 0 bridgehead atoms. The van der Waals surface area contributed by atoms with E-state index in [2.05, 4.69) is 11.2 Å². The van der Waals surface area contributed by atoms with E-state index in [4.69, 9.17) is 15.9 Å². The Morgan fingerprint density at radius 2 is 1.64 bits per heavy atom. The molecule has 0 radical (unpaired) electrons. The minimum atomic E-state index is -4.72. The van der Waals surface area contributed by atoms with Crippen LogP contribution in [0, 0.1) is 29.9 Å². The van der Waals surface area contributed by atoms with Crippen LogP contribution in [0.1, 0.15) is 31.1 Å². The Kier molecular flexibility index (Phi) is 8.20. The number of benzene rings is 3. The van der Waals surface area contributed by atoms with Gasteiger partial charge in [-0.1, -0.05) is 38.0 Å². The van der Waals surface area contributed by atoms with Gasteiger partial charge in [0, 0.05) is 5.56 Å². The highest BCUT2D eigenvalue weighted by atomic mass is 19.4. The maximum atomic E-state index is 14.6. The molecule has 188 valence electrons. The van der Waals surface area contributed by atoms with Gasteiger partial charge in [0.25, 0.3) is 0 Å². The van der Waals surface area contributed by atoms with E-state index < -0.39 is 47.4 Å². The van der Waals surface area contributed by atoms with Gasteiger partial charge in [-0.2, -0.15) is 13.2 Å². The zero-order valence-electron chi connectivity index (χ0n) is 19.3. The maximum Gasteiger partial charge on any atom is 0.416 e. The van der Waals surface area contributed by atoms with Gasteiger partial charge in [0.05, 0.1) is 11.3 Å². The molecule has 0 saturated heterocycles. The molecular formula is C27H22F5NO3. The predicted molar refractivity (Wildman–Crippen MR) is 124 cm³/mol. The largest absolute Gasteiger partial charge is 0.457 e. The third-order valence-corrected chi connectivity index (χ3v) is 5.14. The first kappa shape index (κ1) is 26.5. The number of carbonyl (C=O) groups excluding carboxylic acids is 1. The topological polar surface area (TPSA) is 47.6 Å². The molecule has 0 aromatic heterocycles. The number of terminal acetylenes is 1. The second-order valence-electron chi connectivity index (χ2n) is 8.14. The summed E-state index contributed by atoms with van der Waals surface area (Å²) in [5.41, 5.74) is -1.64. The van der Waals surface area contributed by atoms with Crippen molar-refractivity contribution in [3.63, 3.8) is 0 Å². The first-order valence-corrected chi connectivity index (χ1v) is 10.8. The highest BCUT2D eigenvalue weighted by molar-refractivity contribution is 5.80. The van der Waals surface area contributed by atoms with Gasteiger partial charge < -0.3 is 14.8 Å². The smallest absolute Gasteiger partial charge is 0.416 e. The Bertz CT molecular complexity index is 1250. The number of rotatable bonds is 8. The van der Waals surface area contributed by atoms with Crippen molar-refractivity contribution in [3.8, 4) is 23.8 Å². The molecule has 4 nitrogen and oxygen atoms in total. The summed E-state index contributed by atoms with van der Waals surface area (Å²) >= 11 is 0. The molecule has 0 aliphatic rings. The molecule has 9 heteroatoms. The SMILES string of the molecule is C#CC(OC(=O)C(Nc1ccc(C(F)(F)F)cc1F)C(C)C)c1cc(Oc2ccccc2)ccc1F. The Labute approximate surface area is 205 Å². The van der Waals surface area contributed by atoms with E-state index in [-0.39, 0.29) is 17.0 Å². The summed E-state index contributed by atoms with van der Waals surface area (Å²) in [6.07, 6.45) is -0.657. The number of para-hydroxylation sites is 1. The first-order chi connectivity index (χ1) is 17.0. The number of esters is 1. The normalized spacial score (nSPS) is 13.0. The van der Waals surface area contributed by atoms with Crippen molar-refractivity contribution >= 4 is 11.7 Å². The molecule has 2 unspecified atom stereocenters. The Balaban J connectivity index is 1.80. The summed E-state index contributed by atoms with van der Waals surface area (Å²) in [5, 5.41) is 2.56. The van der Waals surface area contributed by atoms with Crippen LogP contribution in [0.3, 0.4) is 0 Å². The third-order valence-electron chi connectivity index (χ3n) is 5.14. The summed E-state index contributed by atoms with van der Waals surface area (Å²) < 4.78 is 78.4. The van der Waals surface area contributed by atoms with Gasteiger partial charge >= 0.3 is 12.1 Å². The molecule has 3 rings (SSSR count). The van der Waals surface area contributed by atoms with Crippen LogP contribution in [-0.2, 0) is 15.7 Å². The fourth-order valence-electron chi connectivity index (χ4n) is 3.26. The van der Waals surface area contributed by atoms with Crippen LogP contribution in [0.15, 0.2) is 66.7 Å². The molecule has 2 atom stereocenters. The number of hydrogen-bond donors (Lipinski definition) is 1. The van der Waals surface area contributed by atoms with Crippen LogP contribution in [0.4, 0.5) is 27.6 Å². The number of carbonyl (C=O) groups is 1. The fraction of sp³-hybridized carbons (Fsp3) is 0.222. The van der Waals surface area contributed by atoms with Gasteiger partial charge in [-0.05, 0) is 54.4 Å². The molecule has 0 aliphatic heterocycles. The number of anilines is 1. The van der Waals surface area contributed by atoms with Crippen molar-refractivity contribution in [1.82, 2.24) is 0 Å². The molecule has 3 aromatic carbocycles. The lowest BCUT2D eigenvalue weighted by atomic mass is 10.0. The molecule has 0 spiro atoms. The van der Waals surface area contributed by atoms with Crippen molar-refractivity contribution in [2.24, 2.45) is 5.92 Å². The molecule has 0 saturated carbocycles. The van der Waals surface area contributed by atoms with Gasteiger partial charge in [0.15, 0.2) is 6.10 Å². The van der Waals surface area contributed by atoms with Crippen LogP contribution in [0.25, 0.3) is 0 Å². The van der Waals surface area contributed by atoms with E-state index in [9.17, 15) is 26.7 Å². The average molecular weight is 503 g/mol. The van der Waals surface area contributed by atoms with Gasteiger partial charge in [0.1, 0.15) is 29.2 Å². The van der Waals surface area contributed by atoms with Gasteiger partial charge in [-0.25, -0.2) is 13.6 Å². The van der Waals surface area contributed by atoms with Crippen LogP contribution < -0.4 is 10.1 Å². The quantitative estimate of drug-likeness (QED) is 0.202. The van der Waals surface area contributed by atoms with Crippen molar-refractivity contribution in [3.05, 3.63) is 89.5 Å². The Morgan fingerprint density at radius 3 is 2.22 bits per heavy atom. The zero-order valence-corrected chi connectivity index (χ0v) is 19.3. The molecule has 0 heterocycles. The van der Waals surface area contributed by atoms with Crippen molar-refractivity contribution in [2.75, 3.05) is 5.32 Å². The molecule has 36 heavy (non-hydrogen) atoms. The number of hydrogen-bond acceptors (Lipinski definition) is 4. The highest BCUT2D eigenvalue weighted by Gasteiger charge is 2.32. The predicted octanol–water partition coefficient (Wildman–Crippen LogP) is 7.13. The Hall–Kier alpha value is -4.06. The van der Waals surface area contributed by atoms with E-state index in [1.165, 1.54) is 12.1 Å². The zero-order chi connectivity index (χ0) is 26.5. The maximum absolute atomic E-state index is 14.6. The van der Waals surface area contributed by atoms with Crippen LogP contribution >= 0.6 is 0 Å². The second-order valence-corrected chi connectivity index (χ2v) is 8.14. The molecule has 0 aliphatic carbocycles. The molecule has 0 fully saturated rings. The van der Waals surface area contributed by atoms with E-state index in [0.717, 1.165) is 12.1 Å². The minimum Gasteiger partial charge on any atom is -0.457 e. The summed E-state index contributed by atoms with van der Waals surface area (Å²) in [4.78, 5) is 12.9. The third kappa shape index (κ3) is 6.54.